The average molecular weight is 246 g/mol. The Labute approximate surface area is 98.4 Å². The van der Waals surface area contributed by atoms with Crippen LogP contribution in [-0.4, -0.2) is 44.2 Å². The van der Waals surface area contributed by atoms with E-state index in [0.717, 1.165) is 45.3 Å². The Kier molecular flexibility index (Phi) is 3.87. The summed E-state index contributed by atoms with van der Waals surface area (Å²) in [7, 11) is -2.98. The molecular weight excluding hydrogens is 224 g/mol. The van der Waals surface area contributed by atoms with E-state index in [-0.39, 0.29) is 11.8 Å². The van der Waals surface area contributed by atoms with Crippen molar-refractivity contribution in [3.63, 3.8) is 0 Å². The Morgan fingerprint density at radius 3 is 2.56 bits per heavy atom. The van der Waals surface area contributed by atoms with Crippen molar-refractivity contribution in [2.24, 2.45) is 5.92 Å². The lowest BCUT2D eigenvalue weighted by Crippen LogP contribution is -2.44. The van der Waals surface area contributed by atoms with E-state index in [1.165, 1.54) is 0 Å². The van der Waals surface area contributed by atoms with Crippen LogP contribution in [0.3, 0.4) is 0 Å². The van der Waals surface area contributed by atoms with Crippen molar-refractivity contribution in [2.75, 3.05) is 25.4 Å². The maximum atomic E-state index is 12.0. The Balaban J connectivity index is 2.08. The van der Waals surface area contributed by atoms with E-state index in [0.29, 0.717) is 5.92 Å². The number of hydrogen-bond donors (Lipinski definition) is 1. The molecule has 5 heteroatoms. The van der Waals surface area contributed by atoms with Crippen molar-refractivity contribution in [1.29, 1.82) is 0 Å². The van der Waals surface area contributed by atoms with Gasteiger partial charge in [0.1, 0.15) is 0 Å². The average Bonchev–Trinajstić information content (AvgIpc) is 2.80. The van der Waals surface area contributed by atoms with Gasteiger partial charge in [-0.15, -0.1) is 0 Å². The lowest BCUT2D eigenvalue weighted by Gasteiger charge is -2.33. The van der Waals surface area contributed by atoms with Crippen LogP contribution in [-0.2, 0) is 10.0 Å². The fourth-order valence-electron chi connectivity index (χ4n) is 2.98. The van der Waals surface area contributed by atoms with E-state index < -0.39 is 10.0 Å². The smallest absolute Gasteiger partial charge is 0.214 e. The largest absolute Gasteiger partial charge is 0.317 e. The van der Waals surface area contributed by atoms with Crippen LogP contribution in [0.2, 0.25) is 0 Å². The molecule has 0 aromatic heterocycles. The first-order valence-corrected chi connectivity index (χ1v) is 7.96. The van der Waals surface area contributed by atoms with Crippen molar-refractivity contribution >= 4 is 10.0 Å². The lowest BCUT2D eigenvalue weighted by atomic mass is 9.89. The highest BCUT2D eigenvalue weighted by Crippen LogP contribution is 2.31. The van der Waals surface area contributed by atoms with Gasteiger partial charge in [0.25, 0.3) is 0 Å². The molecule has 0 bridgehead atoms. The third-order valence-corrected chi connectivity index (χ3v) is 5.80. The molecule has 0 amide bonds. The van der Waals surface area contributed by atoms with Gasteiger partial charge in [-0.3, -0.25) is 0 Å². The predicted molar refractivity (Wildman–Crippen MR) is 64.8 cm³/mol. The van der Waals surface area contributed by atoms with Crippen LogP contribution >= 0.6 is 0 Å². The zero-order valence-electron chi connectivity index (χ0n) is 9.98. The highest BCUT2D eigenvalue weighted by atomic mass is 32.2. The molecule has 2 saturated heterocycles. The standard InChI is InChI=1S/C11H22N2O2S/c1-2-16(14,15)13-9-3-4-11(13)10-5-7-12-8-6-10/h10-12H,2-9H2,1H3. The minimum absolute atomic E-state index is 0.245. The van der Waals surface area contributed by atoms with Crippen LogP contribution in [0.15, 0.2) is 0 Å². The summed E-state index contributed by atoms with van der Waals surface area (Å²) in [5.41, 5.74) is 0. The van der Waals surface area contributed by atoms with Gasteiger partial charge < -0.3 is 5.32 Å². The Hall–Kier alpha value is -0.130. The monoisotopic (exact) mass is 246 g/mol. The second-order valence-corrected chi connectivity index (χ2v) is 7.02. The van der Waals surface area contributed by atoms with E-state index in [1.807, 2.05) is 0 Å². The van der Waals surface area contributed by atoms with Gasteiger partial charge >= 0.3 is 0 Å². The van der Waals surface area contributed by atoms with Gasteiger partial charge in [-0.05, 0) is 51.6 Å². The molecule has 2 rings (SSSR count). The molecule has 2 fully saturated rings. The maximum Gasteiger partial charge on any atom is 0.214 e. The van der Waals surface area contributed by atoms with Crippen LogP contribution in [0.4, 0.5) is 0 Å². The SMILES string of the molecule is CCS(=O)(=O)N1CCCC1C1CCNCC1. The third kappa shape index (κ3) is 2.41. The lowest BCUT2D eigenvalue weighted by molar-refractivity contribution is 0.235. The van der Waals surface area contributed by atoms with Gasteiger partial charge in [-0.2, -0.15) is 4.31 Å². The molecule has 2 aliphatic heterocycles. The summed E-state index contributed by atoms with van der Waals surface area (Å²) < 4.78 is 25.7. The first kappa shape index (κ1) is 12.3. The molecule has 2 aliphatic rings. The van der Waals surface area contributed by atoms with Crippen molar-refractivity contribution in [2.45, 2.75) is 38.6 Å². The highest BCUT2D eigenvalue weighted by molar-refractivity contribution is 7.89. The zero-order valence-corrected chi connectivity index (χ0v) is 10.8. The number of rotatable bonds is 3. The number of nitrogens with one attached hydrogen (secondary N) is 1. The molecule has 16 heavy (non-hydrogen) atoms. The summed E-state index contributed by atoms with van der Waals surface area (Å²) in [6.45, 7) is 4.57. The van der Waals surface area contributed by atoms with Gasteiger partial charge in [0.05, 0.1) is 5.75 Å². The summed E-state index contributed by atoms with van der Waals surface area (Å²) >= 11 is 0. The van der Waals surface area contributed by atoms with Crippen molar-refractivity contribution in [3.8, 4) is 0 Å². The van der Waals surface area contributed by atoms with Gasteiger partial charge in [0.2, 0.25) is 10.0 Å². The second kappa shape index (κ2) is 5.02. The van der Waals surface area contributed by atoms with Crippen LogP contribution in [0.1, 0.15) is 32.6 Å². The minimum atomic E-state index is -2.98. The number of nitrogens with zero attached hydrogens (tertiary/aromatic N) is 1. The third-order valence-electron chi connectivity index (χ3n) is 3.90. The molecule has 1 unspecified atom stereocenters. The second-order valence-electron chi connectivity index (χ2n) is 4.81. The molecule has 0 aliphatic carbocycles. The first-order valence-electron chi connectivity index (χ1n) is 6.35. The quantitative estimate of drug-likeness (QED) is 0.801. The molecule has 94 valence electrons. The summed E-state index contributed by atoms with van der Waals surface area (Å²) in [6.07, 6.45) is 4.35. The molecule has 0 saturated carbocycles. The predicted octanol–water partition coefficient (Wildman–Crippen LogP) is 0.800. The molecular formula is C11H22N2O2S. The van der Waals surface area contributed by atoms with E-state index in [4.69, 9.17) is 0 Å². The van der Waals surface area contributed by atoms with Crippen molar-refractivity contribution in [3.05, 3.63) is 0 Å². The van der Waals surface area contributed by atoms with Crippen LogP contribution in [0, 0.1) is 5.92 Å². The number of hydrogen-bond acceptors (Lipinski definition) is 3. The van der Waals surface area contributed by atoms with E-state index in [1.54, 1.807) is 11.2 Å². The number of piperidine rings is 1. The van der Waals surface area contributed by atoms with Gasteiger partial charge in [0.15, 0.2) is 0 Å². The number of sulfonamides is 1. The van der Waals surface area contributed by atoms with Crippen LogP contribution in [0.5, 0.6) is 0 Å². The highest BCUT2D eigenvalue weighted by Gasteiger charge is 2.37. The Morgan fingerprint density at radius 1 is 1.25 bits per heavy atom. The fourth-order valence-corrected chi connectivity index (χ4v) is 4.41. The summed E-state index contributed by atoms with van der Waals surface area (Å²) in [5.74, 6) is 0.819. The fraction of sp³-hybridized carbons (Fsp3) is 1.00. The van der Waals surface area contributed by atoms with Crippen LogP contribution in [0.25, 0.3) is 0 Å². The summed E-state index contributed by atoms with van der Waals surface area (Å²) in [6, 6.07) is 0.284. The molecule has 4 nitrogen and oxygen atoms in total. The topological polar surface area (TPSA) is 49.4 Å². The Bertz CT molecular complexity index is 323. The molecule has 0 aromatic carbocycles. The molecule has 1 N–H and O–H groups in total. The molecule has 0 spiro atoms. The van der Waals surface area contributed by atoms with Crippen molar-refractivity contribution < 1.29 is 8.42 Å². The summed E-state index contributed by atoms with van der Waals surface area (Å²) in [5, 5.41) is 3.34. The summed E-state index contributed by atoms with van der Waals surface area (Å²) in [4.78, 5) is 0. The molecule has 2 heterocycles. The van der Waals surface area contributed by atoms with Gasteiger partial charge in [-0.25, -0.2) is 8.42 Å². The molecule has 1 atom stereocenters. The normalized spacial score (nSPS) is 29.7. The molecule has 0 aromatic rings. The van der Waals surface area contributed by atoms with Gasteiger partial charge in [-0.1, -0.05) is 0 Å². The first-order chi connectivity index (χ1) is 7.65. The molecule has 0 radical (unpaired) electrons. The zero-order chi connectivity index (χ0) is 11.6. The Morgan fingerprint density at radius 2 is 1.94 bits per heavy atom. The van der Waals surface area contributed by atoms with E-state index in [2.05, 4.69) is 5.32 Å². The van der Waals surface area contributed by atoms with Crippen molar-refractivity contribution in [1.82, 2.24) is 9.62 Å². The minimum Gasteiger partial charge on any atom is -0.317 e. The van der Waals surface area contributed by atoms with E-state index in [9.17, 15) is 8.42 Å². The van der Waals surface area contributed by atoms with Crippen LogP contribution < -0.4 is 5.32 Å². The van der Waals surface area contributed by atoms with Gasteiger partial charge in [0, 0.05) is 12.6 Å². The maximum absolute atomic E-state index is 12.0. The van der Waals surface area contributed by atoms with E-state index >= 15 is 0 Å².